The van der Waals surface area contributed by atoms with Crippen LogP contribution in [0.1, 0.15) is 44.0 Å². The van der Waals surface area contributed by atoms with Gasteiger partial charge in [-0.3, -0.25) is 4.79 Å². The predicted molar refractivity (Wildman–Crippen MR) is 109 cm³/mol. The number of benzene rings is 2. The Labute approximate surface area is 160 Å². The maximum atomic E-state index is 12.7. The van der Waals surface area contributed by atoms with E-state index in [1.165, 1.54) is 18.4 Å². The molecule has 4 heteroatoms. The first-order valence-electron chi connectivity index (χ1n) is 9.78. The van der Waals surface area contributed by atoms with Crippen LogP contribution in [0.2, 0.25) is 0 Å². The van der Waals surface area contributed by atoms with E-state index in [2.05, 4.69) is 54.1 Å². The lowest BCUT2D eigenvalue weighted by Crippen LogP contribution is -2.37. The van der Waals surface area contributed by atoms with Crippen LogP contribution in [0.25, 0.3) is 11.0 Å². The van der Waals surface area contributed by atoms with Crippen LogP contribution < -0.4 is 5.32 Å². The summed E-state index contributed by atoms with van der Waals surface area (Å²) in [6.45, 7) is 5.39. The quantitative estimate of drug-likeness (QED) is 0.682. The average molecular weight is 361 g/mol. The fourth-order valence-corrected chi connectivity index (χ4v) is 3.66. The zero-order valence-corrected chi connectivity index (χ0v) is 16.1. The van der Waals surface area contributed by atoms with E-state index < -0.39 is 0 Å². The van der Waals surface area contributed by atoms with Crippen LogP contribution in [-0.4, -0.2) is 22.0 Å². The van der Waals surface area contributed by atoms with Gasteiger partial charge in [0.25, 0.3) is 0 Å². The number of imidazole rings is 1. The number of para-hydroxylation sites is 2. The highest BCUT2D eigenvalue weighted by atomic mass is 16.1. The van der Waals surface area contributed by atoms with Crippen molar-refractivity contribution in [2.45, 2.75) is 45.6 Å². The molecule has 2 aromatic carbocycles. The summed E-state index contributed by atoms with van der Waals surface area (Å²) in [5.41, 5.74) is 3.34. The Bertz CT molecular complexity index is 939. The molecule has 0 unspecified atom stereocenters. The predicted octanol–water partition coefficient (Wildman–Crippen LogP) is 4.30. The van der Waals surface area contributed by atoms with Crippen molar-refractivity contribution in [3.8, 4) is 0 Å². The number of fused-ring (bicyclic) bond motifs is 1. The third-order valence-corrected chi connectivity index (χ3v) is 5.22. The van der Waals surface area contributed by atoms with E-state index in [4.69, 9.17) is 4.98 Å². The minimum atomic E-state index is 0.00728. The highest BCUT2D eigenvalue weighted by Crippen LogP contribution is 2.40. The molecule has 1 aliphatic carbocycles. The van der Waals surface area contributed by atoms with Crippen LogP contribution in [0.5, 0.6) is 0 Å². The SMILES string of the molecule is CC(C)(CNC(=O)Cn1c(C2CC2)nc2ccccc21)Cc1ccccc1. The topological polar surface area (TPSA) is 46.9 Å². The van der Waals surface area contributed by atoms with Crippen molar-refractivity contribution in [1.29, 1.82) is 0 Å². The number of carbonyl (C=O) groups is 1. The molecule has 1 fully saturated rings. The van der Waals surface area contributed by atoms with Gasteiger partial charge in [-0.2, -0.15) is 0 Å². The Balaban J connectivity index is 1.42. The largest absolute Gasteiger partial charge is 0.354 e. The van der Waals surface area contributed by atoms with Gasteiger partial charge in [-0.05, 0) is 42.4 Å². The average Bonchev–Trinajstić information content (AvgIpc) is 3.44. The summed E-state index contributed by atoms with van der Waals surface area (Å²) in [7, 11) is 0. The minimum Gasteiger partial charge on any atom is -0.354 e. The van der Waals surface area contributed by atoms with Crippen molar-refractivity contribution in [3.63, 3.8) is 0 Å². The van der Waals surface area contributed by atoms with Gasteiger partial charge in [0.05, 0.1) is 11.0 Å². The maximum Gasteiger partial charge on any atom is 0.240 e. The standard InChI is InChI=1S/C23H27N3O/c1-23(2,14-17-8-4-3-5-9-17)16-24-21(27)15-26-20-11-7-6-10-19(20)25-22(26)18-12-13-18/h3-11,18H,12-16H2,1-2H3,(H,24,27). The molecule has 1 N–H and O–H groups in total. The van der Waals surface area contributed by atoms with Crippen molar-refractivity contribution in [2.24, 2.45) is 5.41 Å². The molecular weight excluding hydrogens is 334 g/mol. The van der Waals surface area contributed by atoms with Crippen LogP contribution in [0.15, 0.2) is 54.6 Å². The lowest BCUT2D eigenvalue weighted by atomic mass is 9.85. The van der Waals surface area contributed by atoms with E-state index in [1.54, 1.807) is 0 Å². The molecule has 0 aliphatic heterocycles. The number of carbonyl (C=O) groups excluding carboxylic acids is 1. The summed E-state index contributed by atoms with van der Waals surface area (Å²) in [4.78, 5) is 17.5. The number of amides is 1. The van der Waals surface area contributed by atoms with E-state index in [9.17, 15) is 4.79 Å². The summed E-state index contributed by atoms with van der Waals surface area (Å²) < 4.78 is 2.10. The Hall–Kier alpha value is -2.62. The number of hydrogen-bond acceptors (Lipinski definition) is 2. The Kier molecular flexibility index (Phi) is 4.73. The van der Waals surface area contributed by atoms with Crippen molar-refractivity contribution in [1.82, 2.24) is 14.9 Å². The van der Waals surface area contributed by atoms with E-state index in [0.29, 0.717) is 19.0 Å². The third-order valence-electron chi connectivity index (χ3n) is 5.22. The van der Waals surface area contributed by atoms with E-state index in [0.717, 1.165) is 23.3 Å². The van der Waals surface area contributed by atoms with Crippen LogP contribution in [-0.2, 0) is 17.8 Å². The fourth-order valence-electron chi connectivity index (χ4n) is 3.66. The number of nitrogens with zero attached hydrogens (tertiary/aromatic N) is 2. The molecular formula is C23H27N3O. The second-order valence-electron chi connectivity index (χ2n) is 8.42. The summed E-state index contributed by atoms with van der Waals surface area (Å²) in [6, 6.07) is 18.5. The van der Waals surface area contributed by atoms with Crippen molar-refractivity contribution in [3.05, 3.63) is 66.0 Å². The highest BCUT2D eigenvalue weighted by Gasteiger charge is 2.30. The Morgan fingerprint density at radius 1 is 1.11 bits per heavy atom. The summed E-state index contributed by atoms with van der Waals surface area (Å²) in [6.07, 6.45) is 3.29. The molecule has 3 aromatic rings. The smallest absolute Gasteiger partial charge is 0.240 e. The van der Waals surface area contributed by atoms with Crippen molar-refractivity contribution < 1.29 is 4.79 Å². The van der Waals surface area contributed by atoms with E-state index in [1.807, 2.05) is 24.3 Å². The first-order valence-corrected chi connectivity index (χ1v) is 9.78. The van der Waals surface area contributed by atoms with Gasteiger partial charge in [-0.1, -0.05) is 56.3 Å². The summed E-state index contributed by atoms with van der Waals surface area (Å²) in [5, 5.41) is 3.15. The van der Waals surface area contributed by atoms with Gasteiger partial charge in [0, 0.05) is 12.5 Å². The van der Waals surface area contributed by atoms with E-state index in [-0.39, 0.29) is 11.3 Å². The second kappa shape index (κ2) is 7.18. The zero-order chi connectivity index (χ0) is 18.9. The third kappa shape index (κ3) is 4.21. The number of rotatable bonds is 7. The zero-order valence-electron chi connectivity index (χ0n) is 16.1. The molecule has 27 heavy (non-hydrogen) atoms. The van der Waals surface area contributed by atoms with Gasteiger partial charge in [0.2, 0.25) is 5.91 Å². The molecule has 1 aromatic heterocycles. The maximum absolute atomic E-state index is 12.7. The van der Waals surface area contributed by atoms with Gasteiger partial charge in [-0.25, -0.2) is 4.98 Å². The van der Waals surface area contributed by atoms with Gasteiger partial charge < -0.3 is 9.88 Å². The van der Waals surface area contributed by atoms with Gasteiger partial charge in [0.1, 0.15) is 12.4 Å². The lowest BCUT2D eigenvalue weighted by Gasteiger charge is -2.25. The van der Waals surface area contributed by atoms with Crippen molar-refractivity contribution >= 4 is 16.9 Å². The highest BCUT2D eigenvalue weighted by molar-refractivity contribution is 5.81. The molecule has 140 valence electrons. The van der Waals surface area contributed by atoms with Gasteiger partial charge >= 0.3 is 0 Å². The summed E-state index contributed by atoms with van der Waals surface area (Å²) >= 11 is 0. The van der Waals surface area contributed by atoms with Crippen LogP contribution >= 0.6 is 0 Å². The normalized spacial score (nSPS) is 14.4. The van der Waals surface area contributed by atoms with Crippen LogP contribution in [0.3, 0.4) is 0 Å². The van der Waals surface area contributed by atoms with Gasteiger partial charge in [0.15, 0.2) is 0 Å². The van der Waals surface area contributed by atoms with Gasteiger partial charge in [-0.15, -0.1) is 0 Å². The molecule has 1 amide bonds. The first-order chi connectivity index (χ1) is 13.0. The summed E-state index contributed by atoms with van der Waals surface area (Å²) in [5.74, 6) is 1.64. The molecule has 4 rings (SSSR count). The van der Waals surface area contributed by atoms with E-state index >= 15 is 0 Å². The minimum absolute atomic E-state index is 0.00728. The molecule has 1 heterocycles. The number of aromatic nitrogens is 2. The van der Waals surface area contributed by atoms with Crippen LogP contribution in [0, 0.1) is 5.41 Å². The molecule has 4 nitrogen and oxygen atoms in total. The Morgan fingerprint density at radius 2 is 1.81 bits per heavy atom. The number of hydrogen-bond donors (Lipinski definition) is 1. The molecule has 0 spiro atoms. The Morgan fingerprint density at radius 3 is 2.56 bits per heavy atom. The monoisotopic (exact) mass is 361 g/mol. The number of nitrogens with one attached hydrogen (secondary N) is 1. The molecule has 0 bridgehead atoms. The molecule has 0 radical (unpaired) electrons. The first kappa shape index (κ1) is 17.8. The molecule has 1 aliphatic rings. The fraction of sp³-hybridized carbons (Fsp3) is 0.391. The second-order valence-corrected chi connectivity index (χ2v) is 8.42. The molecule has 0 saturated heterocycles. The molecule has 0 atom stereocenters. The van der Waals surface area contributed by atoms with Crippen LogP contribution in [0.4, 0.5) is 0 Å². The molecule has 1 saturated carbocycles. The lowest BCUT2D eigenvalue weighted by molar-refractivity contribution is -0.122. The van der Waals surface area contributed by atoms with Crippen molar-refractivity contribution in [2.75, 3.05) is 6.54 Å².